The van der Waals surface area contributed by atoms with Gasteiger partial charge in [0, 0.05) is 18.8 Å². The molecule has 1 aromatic heterocycles. The Labute approximate surface area is 127 Å². The van der Waals surface area contributed by atoms with E-state index >= 15 is 0 Å². The molecule has 1 aliphatic heterocycles. The normalized spacial score (nSPS) is 15.0. The van der Waals surface area contributed by atoms with Crippen LogP contribution < -0.4 is 10.2 Å². The molecule has 0 aliphatic carbocycles. The third-order valence-electron chi connectivity index (χ3n) is 3.32. The van der Waals surface area contributed by atoms with E-state index in [1.807, 2.05) is 12.1 Å². The number of nitrogens with zero attached hydrogens (tertiary/aromatic N) is 1. The van der Waals surface area contributed by atoms with Gasteiger partial charge < -0.3 is 19.4 Å². The maximum Gasteiger partial charge on any atom is 0.291 e. The molecule has 2 heterocycles. The lowest BCUT2D eigenvalue weighted by molar-refractivity contribution is 0.0996. The molecule has 0 bridgehead atoms. The molecule has 110 valence electrons. The van der Waals surface area contributed by atoms with Crippen molar-refractivity contribution in [2.24, 2.45) is 0 Å². The molecule has 21 heavy (non-hydrogen) atoms. The quantitative estimate of drug-likeness (QED) is 0.947. The lowest BCUT2D eigenvalue weighted by Gasteiger charge is -2.29. The molecule has 0 spiro atoms. The molecule has 0 radical (unpaired) electrons. The fourth-order valence-electron chi connectivity index (χ4n) is 2.22. The molecular weight excluding hydrogens is 292 g/mol. The number of carbonyl (C=O) groups excluding carboxylic acids is 1. The number of anilines is 2. The highest BCUT2D eigenvalue weighted by atomic mass is 35.5. The van der Waals surface area contributed by atoms with Crippen LogP contribution in [0.1, 0.15) is 10.6 Å². The molecule has 5 nitrogen and oxygen atoms in total. The molecule has 0 saturated carbocycles. The summed E-state index contributed by atoms with van der Waals surface area (Å²) >= 11 is 6.15. The van der Waals surface area contributed by atoms with Gasteiger partial charge in [-0.25, -0.2) is 0 Å². The van der Waals surface area contributed by atoms with Crippen molar-refractivity contribution in [1.29, 1.82) is 0 Å². The number of ether oxygens (including phenoxy) is 1. The number of morpholine rings is 1. The van der Waals surface area contributed by atoms with Gasteiger partial charge >= 0.3 is 0 Å². The number of hydrogen-bond acceptors (Lipinski definition) is 4. The van der Waals surface area contributed by atoms with Gasteiger partial charge in [0.05, 0.1) is 30.2 Å². The maximum absolute atomic E-state index is 12.0. The number of amides is 1. The van der Waals surface area contributed by atoms with Gasteiger partial charge in [0.25, 0.3) is 5.91 Å². The van der Waals surface area contributed by atoms with Gasteiger partial charge in [0.2, 0.25) is 0 Å². The van der Waals surface area contributed by atoms with Crippen molar-refractivity contribution < 1.29 is 13.9 Å². The van der Waals surface area contributed by atoms with Crippen molar-refractivity contribution in [3.63, 3.8) is 0 Å². The SMILES string of the molecule is O=C(Nc1cc(N2CCOCC2)ccc1Cl)c1ccco1. The fourth-order valence-corrected chi connectivity index (χ4v) is 2.38. The van der Waals surface area contributed by atoms with Crippen LogP contribution in [0.3, 0.4) is 0 Å². The van der Waals surface area contributed by atoms with Crippen LogP contribution in [0.25, 0.3) is 0 Å². The highest BCUT2D eigenvalue weighted by molar-refractivity contribution is 6.34. The Balaban J connectivity index is 1.79. The van der Waals surface area contributed by atoms with Crippen molar-refractivity contribution in [1.82, 2.24) is 0 Å². The molecule has 6 heteroatoms. The van der Waals surface area contributed by atoms with Crippen molar-refractivity contribution in [3.05, 3.63) is 47.4 Å². The predicted octanol–water partition coefficient (Wildman–Crippen LogP) is 3.02. The van der Waals surface area contributed by atoms with E-state index in [0.29, 0.717) is 23.9 Å². The van der Waals surface area contributed by atoms with Crippen LogP contribution in [0.15, 0.2) is 41.0 Å². The number of nitrogens with one attached hydrogen (secondary N) is 1. The summed E-state index contributed by atoms with van der Waals surface area (Å²) in [5.74, 6) is -0.0659. The molecule has 2 aromatic rings. The molecule has 0 atom stereocenters. The molecule has 1 saturated heterocycles. The molecule has 0 unspecified atom stereocenters. The minimum absolute atomic E-state index is 0.253. The minimum Gasteiger partial charge on any atom is -0.459 e. The molecular formula is C15H15ClN2O3. The summed E-state index contributed by atoms with van der Waals surface area (Å²) in [6, 6.07) is 8.87. The Kier molecular flexibility index (Phi) is 4.13. The first-order chi connectivity index (χ1) is 10.2. The zero-order valence-electron chi connectivity index (χ0n) is 11.3. The Morgan fingerprint density at radius 2 is 2.05 bits per heavy atom. The molecule has 1 aromatic carbocycles. The lowest BCUT2D eigenvalue weighted by Crippen LogP contribution is -2.36. The van der Waals surface area contributed by atoms with E-state index in [1.165, 1.54) is 6.26 Å². The highest BCUT2D eigenvalue weighted by Crippen LogP contribution is 2.28. The first kappa shape index (κ1) is 14.0. The van der Waals surface area contributed by atoms with Crippen molar-refractivity contribution in [2.75, 3.05) is 36.5 Å². The van der Waals surface area contributed by atoms with E-state index in [9.17, 15) is 4.79 Å². The van der Waals surface area contributed by atoms with E-state index < -0.39 is 0 Å². The largest absolute Gasteiger partial charge is 0.459 e. The average molecular weight is 307 g/mol. The molecule has 3 rings (SSSR count). The van der Waals surface area contributed by atoms with Crippen LogP contribution in [0.4, 0.5) is 11.4 Å². The van der Waals surface area contributed by atoms with E-state index in [0.717, 1.165) is 18.8 Å². The fraction of sp³-hybridized carbons (Fsp3) is 0.267. The Morgan fingerprint density at radius 3 is 2.76 bits per heavy atom. The average Bonchev–Trinajstić information content (AvgIpc) is 3.05. The summed E-state index contributed by atoms with van der Waals surface area (Å²) in [6.45, 7) is 3.06. The Bertz CT molecular complexity index is 622. The number of furan rings is 1. The van der Waals surface area contributed by atoms with E-state index in [4.69, 9.17) is 20.8 Å². The third-order valence-corrected chi connectivity index (χ3v) is 3.65. The summed E-state index contributed by atoms with van der Waals surface area (Å²) < 4.78 is 10.4. The van der Waals surface area contributed by atoms with Gasteiger partial charge in [-0.2, -0.15) is 0 Å². The Hall–Kier alpha value is -1.98. The first-order valence-corrected chi connectivity index (χ1v) is 7.09. The second kappa shape index (κ2) is 6.20. The smallest absolute Gasteiger partial charge is 0.291 e. The van der Waals surface area contributed by atoms with Gasteiger partial charge in [0.1, 0.15) is 0 Å². The monoisotopic (exact) mass is 306 g/mol. The molecule has 1 amide bonds. The lowest BCUT2D eigenvalue weighted by atomic mass is 10.2. The predicted molar refractivity (Wildman–Crippen MR) is 81.1 cm³/mol. The summed E-state index contributed by atoms with van der Waals surface area (Å²) in [4.78, 5) is 14.2. The molecule has 1 fully saturated rings. The third kappa shape index (κ3) is 3.20. The highest BCUT2D eigenvalue weighted by Gasteiger charge is 2.15. The van der Waals surface area contributed by atoms with E-state index in [1.54, 1.807) is 18.2 Å². The van der Waals surface area contributed by atoms with E-state index in [2.05, 4.69) is 10.2 Å². The van der Waals surface area contributed by atoms with Gasteiger partial charge in [-0.05, 0) is 30.3 Å². The van der Waals surface area contributed by atoms with E-state index in [-0.39, 0.29) is 11.7 Å². The van der Waals surface area contributed by atoms with Gasteiger partial charge in [-0.3, -0.25) is 4.79 Å². The van der Waals surface area contributed by atoms with Crippen LogP contribution in [0.2, 0.25) is 5.02 Å². The van der Waals surface area contributed by atoms with Crippen LogP contribution in [0, 0.1) is 0 Å². The summed E-state index contributed by atoms with van der Waals surface area (Å²) in [6.07, 6.45) is 1.46. The summed E-state index contributed by atoms with van der Waals surface area (Å²) in [7, 11) is 0. The van der Waals surface area contributed by atoms with Gasteiger partial charge in [0.15, 0.2) is 5.76 Å². The van der Waals surface area contributed by atoms with Crippen molar-refractivity contribution in [3.8, 4) is 0 Å². The first-order valence-electron chi connectivity index (χ1n) is 6.71. The molecule has 1 N–H and O–H groups in total. The van der Waals surface area contributed by atoms with Crippen LogP contribution in [-0.2, 0) is 4.74 Å². The Morgan fingerprint density at radius 1 is 1.24 bits per heavy atom. The van der Waals surface area contributed by atoms with Crippen molar-refractivity contribution >= 4 is 28.9 Å². The minimum atomic E-state index is -0.318. The van der Waals surface area contributed by atoms with Crippen LogP contribution in [-0.4, -0.2) is 32.2 Å². The number of carbonyl (C=O) groups is 1. The van der Waals surface area contributed by atoms with Crippen molar-refractivity contribution in [2.45, 2.75) is 0 Å². The second-order valence-electron chi connectivity index (χ2n) is 4.69. The number of benzene rings is 1. The number of hydrogen-bond donors (Lipinski definition) is 1. The zero-order valence-corrected chi connectivity index (χ0v) is 12.1. The van der Waals surface area contributed by atoms with Crippen LogP contribution in [0.5, 0.6) is 0 Å². The summed E-state index contributed by atoms with van der Waals surface area (Å²) in [5.41, 5.74) is 1.58. The number of halogens is 1. The standard InChI is InChI=1S/C15H15ClN2O3/c16-12-4-3-11(18-5-8-20-9-6-18)10-13(12)17-15(19)14-2-1-7-21-14/h1-4,7,10H,5-6,8-9H2,(H,17,19). The molecule has 1 aliphatic rings. The topological polar surface area (TPSA) is 54.7 Å². The number of rotatable bonds is 3. The van der Waals surface area contributed by atoms with Crippen LogP contribution >= 0.6 is 11.6 Å². The van der Waals surface area contributed by atoms with Gasteiger partial charge in [-0.15, -0.1) is 0 Å². The summed E-state index contributed by atoms with van der Waals surface area (Å²) in [5, 5.41) is 3.26. The maximum atomic E-state index is 12.0. The van der Waals surface area contributed by atoms with Gasteiger partial charge in [-0.1, -0.05) is 11.6 Å². The second-order valence-corrected chi connectivity index (χ2v) is 5.10. The zero-order chi connectivity index (χ0) is 14.7.